The third kappa shape index (κ3) is 61.3. The monoisotopic (exact) mass is 88.1 g/mol. The van der Waals surface area contributed by atoms with Gasteiger partial charge in [-0.05, 0) is 0 Å². The molecule has 0 amide bonds. The van der Waals surface area contributed by atoms with Gasteiger partial charge in [0.2, 0.25) is 0 Å². The molecule has 0 aliphatic carbocycles. The van der Waals surface area contributed by atoms with Crippen molar-refractivity contribution in [1.82, 2.24) is 0 Å². The molecule has 0 aliphatic heterocycles. The molecule has 1 N–H and O–H groups in total. The molecule has 0 fully saturated rings. The van der Waals surface area contributed by atoms with Crippen molar-refractivity contribution in [3.05, 3.63) is 0 Å². The van der Waals surface area contributed by atoms with E-state index < -0.39 is 0 Å². The topological polar surface area (TPSA) is 20.2 Å². The van der Waals surface area contributed by atoms with Gasteiger partial charge in [0.1, 0.15) is 10.5 Å². The fourth-order valence-corrected chi connectivity index (χ4v) is 0. The van der Waals surface area contributed by atoms with Crippen LogP contribution in [0.25, 0.3) is 0 Å². The van der Waals surface area contributed by atoms with E-state index in [1.165, 1.54) is 0 Å². The Kier molecular flexibility index (Phi) is 949. The number of rotatable bonds is 0. The zero-order valence-electron chi connectivity index (χ0n) is 1.45. The summed E-state index contributed by atoms with van der Waals surface area (Å²) >= 11 is 0. The van der Waals surface area contributed by atoms with Crippen LogP contribution in [0, 0.1) is 0 Å². The number of hydrogen-bond donors (Lipinski definition) is 1. The minimum atomic E-state index is 0. The van der Waals surface area contributed by atoms with Gasteiger partial charge in [-0.25, -0.2) is 0 Å². The van der Waals surface area contributed by atoms with Crippen molar-refractivity contribution in [2.75, 3.05) is 0 Å². The summed E-state index contributed by atoms with van der Waals surface area (Å²) < 4.78 is 0. The second-order valence-electron chi connectivity index (χ2n) is 0. The Morgan fingerprint density at radius 3 is 1.00 bits per heavy atom. The summed E-state index contributed by atoms with van der Waals surface area (Å²) in [7, 11) is 0.306. The van der Waals surface area contributed by atoms with Crippen molar-refractivity contribution in [3.8, 4) is 0 Å². The Bertz CT molecular complexity index is 9.61. The first-order valence-electron chi connectivity index (χ1n) is 0.447. The molecule has 0 saturated heterocycles. The average molecular weight is 88.2 g/mol. The van der Waals surface area contributed by atoms with E-state index in [1.54, 1.807) is 0 Å². The van der Waals surface area contributed by atoms with Gasteiger partial charge in [0.25, 0.3) is 0 Å². The molecule has 0 spiro atoms. The molecule has 0 radical (unpaired) electrons. The molecule has 0 aromatic heterocycles. The summed E-state index contributed by atoms with van der Waals surface area (Å²) in [4.78, 5) is 7.14. The predicted molar refractivity (Wildman–Crippen MR) is 32.8 cm³/mol. The van der Waals surface area contributed by atoms with Gasteiger partial charge in [-0.3, -0.25) is 0 Å². The molecule has 0 aliphatic rings. The molecule has 0 unspecified atom stereocenters. The molecule has 3 heteroatoms. The fraction of sp³-hybridized carbons (Fsp3) is 1.00. The summed E-state index contributed by atoms with van der Waals surface area (Å²) in [5, 5.41) is 0. The maximum atomic E-state index is 7.14. The van der Waals surface area contributed by atoms with Crippen molar-refractivity contribution in [3.63, 3.8) is 0 Å². The first-order valence-corrected chi connectivity index (χ1v) is 1.34. The van der Waals surface area contributed by atoms with Crippen LogP contribution in [0.15, 0.2) is 0 Å². The molecular formula is C2H13LiOSi. The van der Waals surface area contributed by atoms with Crippen LogP contribution in [0.2, 0.25) is 0 Å². The normalized spacial score (nSPS) is 1.80. The van der Waals surface area contributed by atoms with Gasteiger partial charge >= 0.3 is 18.9 Å². The second kappa shape index (κ2) is 113. The molecule has 0 heterocycles. The van der Waals surface area contributed by atoms with E-state index in [1.807, 2.05) is 0 Å². The first kappa shape index (κ1) is 41.8. The zero-order valence-corrected chi connectivity index (χ0v) is 3.45. The summed E-state index contributed by atoms with van der Waals surface area (Å²) in [6.07, 6.45) is 0. The molecule has 1 nitrogen and oxygen atoms in total. The van der Waals surface area contributed by atoms with E-state index in [2.05, 4.69) is 0 Å². The van der Waals surface area contributed by atoms with Crippen molar-refractivity contribution in [1.29, 1.82) is 0 Å². The maximum absolute atomic E-state index is 7.14. The van der Waals surface area contributed by atoms with Crippen molar-refractivity contribution < 1.29 is 4.80 Å². The molecular weight excluding hydrogens is 75.0 g/mol. The standard InChI is InChI=1S/2CH4.Li.H4OSi.H/c;;;1-2;/h2*1H4;;1H,2H3;. The van der Waals surface area contributed by atoms with Gasteiger partial charge in [0.15, 0.2) is 0 Å². The van der Waals surface area contributed by atoms with Gasteiger partial charge in [-0.15, -0.1) is 0 Å². The molecule has 0 atom stereocenters. The fourth-order valence-electron chi connectivity index (χ4n) is 0. The quantitative estimate of drug-likeness (QED) is 0.372. The van der Waals surface area contributed by atoms with Gasteiger partial charge in [-0.1, -0.05) is 14.9 Å². The Morgan fingerprint density at radius 1 is 1.00 bits per heavy atom. The van der Waals surface area contributed by atoms with E-state index >= 15 is 0 Å². The minimum absolute atomic E-state index is 0. The van der Waals surface area contributed by atoms with E-state index in [9.17, 15) is 0 Å². The summed E-state index contributed by atoms with van der Waals surface area (Å²) in [5.41, 5.74) is 0. The van der Waals surface area contributed by atoms with Crippen LogP contribution < -0.4 is 0 Å². The molecule has 0 rings (SSSR count). The third-order valence-corrected chi connectivity index (χ3v) is 0. The van der Waals surface area contributed by atoms with E-state index in [-0.39, 0.29) is 33.7 Å². The number of hydrogen-bond acceptors (Lipinski definition) is 1. The van der Waals surface area contributed by atoms with E-state index in [0.717, 1.165) is 0 Å². The molecule has 0 saturated carbocycles. The van der Waals surface area contributed by atoms with Gasteiger partial charge in [-0.2, -0.15) is 0 Å². The van der Waals surface area contributed by atoms with Crippen LogP contribution in [0.4, 0.5) is 0 Å². The summed E-state index contributed by atoms with van der Waals surface area (Å²) in [6, 6.07) is 0. The van der Waals surface area contributed by atoms with Crippen molar-refractivity contribution >= 4 is 29.3 Å². The van der Waals surface area contributed by atoms with Crippen molar-refractivity contribution in [2.45, 2.75) is 14.9 Å². The Balaban J connectivity index is -0.00000000167. The molecule has 0 aromatic carbocycles. The molecule has 0 bridgehead atoms. The third-order valence-electron chi connectivity index (χ3n) is 0. The summed E-state index contributed by atoms with van der Waals surface area (Å²) in [5.74, 6) is 0. The molecule has 32 valence electrons. The van der Waals surface area contributed by atoms with Crippen molar-refractivity contribution in [2.24, 2.45) is 0 Å². The van der Waals surface area contributed by atoms with Crippen LogP contribution in [0.1, 0.15) is 14.9 Å². The first-order chi connectivity index (χ1) is 1.00. The van der Waals surface area contributed by atoms with Crippen LogP contribution in [0.3, 0.4) is 0 Å². The Morgan fingerprint density at radius 2 is 1.00 bits per heavy atom. The van der Waals surface area contributed by atoms with E-state index in [0.29, 0.717) is 10.5 Å². The Labute approximate surface area is 49.5 Å². The summed E-state index contributed by atoms with van der Waals surface area (Å²) in [6.45, 7) is 0. The Hall–Kier alpha value is 0.774. The van der Waals surface area contributed by atoms with Gasteiger partial charge in [0.05, 0.1) is 0 Å². The second-order valence-corrected chi connectivity index (χ2v) is 0. The van der Waals surface area contributed by atoms with E-state index in [4.69, 9.17) is 4.80 Å². The molecule has 0 aromatic rings. The predicted octanol–water partition coefficient (Wildman–Crippen LogP) is -1.12. The average Bonchev–Trinajstić information content (AvgIpc) is 1.00. The van der Waals surface area contributed by atoms with Gasteiger partial charge in [0, 0.05) is 0 Å². The van der Waals surface area contributed by atoms with Crippen LogP contribution in [0.5, 0.6) is 0 Å². The van der Waals surface area contributed by atoms with Crippen LogP contribution in [-0.4, -0.2) is 34.1 Å². The van der Waals surface area contributed by atoms with Crippen LogP contribution in [-0.2, 0) is 0 Å². The molecule has 5 heavy (non-hydrogen) atoms. The van der Waals surface area contributed by atoms with Crippen LogP contribution >= 0.6 is 0 Å². The SMILES string of the molecule is C.C.O[SiH3].[LiH]. The zero-order chi connectivity index (χ0) is 2.00. The van der Waals surface area contributed by atoms with Gasteiger partial charge < -0.3 is 4.80 Å².